The van der Waals surface area contributed by atoms with E-state index in [4.69, 9.17) is 4.74 Å². The summed E-state index contributed by atoms with van der Waals surface area (Å²) in [5, 5.41) is 6.45. The minimum Gasteiger partial charge on any atom is -0.444 e. The van der Waals surface area contributed by atoms with Gasteiger partial charge in [-0.1, -0.05) is 0 Å². The molecule has 1 aromatic heterocycles. The van der Waals surface area contributed by atoms with Crippen molar-refractivity contribution in [2.24, 2.45) is 0 Å². The fraction of sp³-hybridized carbons (Fsp3) is 0.353. The molecule has 0 saturated carbocycles. The van der Waals surface area contributed by atoms with Crippen LogP contribution in [0.4, 0.5) is 23.7 Å². The molecule has 0 saturated heterocycles. The van der Waals surface area contributed by atoms with Gasteiger partial charge in [-0.25, -0.2) is 18.0 Å². The van der Waals surface area contributed by atoms with E-state index in [0.717, 1.165) is 25.0 Å². The number of carbonyl (C=O) groups is 2. The summed E-state index contributed by atoms with van der Waals surface area (Å²) in [4.78, 5) is 22.5. The zero-order valence-electron chi connectivity index (χ0n) is 14.1. The van der Waals surface area contributed by atoms with Gasteiger partial charge in [0.25, 0.3) is 0 Å². The summed E-state index contributed by atoms with van der Waals surface area (Å²) in [6, 6.07) is 1.76. The number of carbonyl (C=O) groups excluding carboxylic acids is 2. The van der Waals surface area contributed by atoms with E-state index in [-0.39, 0.29) is 11.3 Å². The SMILES string of the molecule is CC(=O)CCCCn1cc(NC(=O)OCc2ccc(F)c(F)c2F)cn1. The Hall–Kier alpha value is -2.84. The van der Waals surface area contributed by atoms with Crippen LogP contribution in [0.1, 0.15) is 31.7 Å². The van der Waals surface area contributed by atoms with Crippen LogP contribution in [0.25, 0.3) is 0 Å². The molecule has 1 aromatic carbocycles. The molecule has 26 heavy (non-hydrogen) atoms. The summed E-state index contributed by atoms with van der Waals surface area (Å²) >= 11 is 0. The lowest BCUT2D eigenvalue weighted by atomic mass is 10.2. The average Bonchev–Trinajstić information content (AvgIpc) is 3.03. The molecule has 0 fully saturated rings. The Bertz CT molecular complexity index is 793. The number of rotatable bonds is 8. The van der Waals surface area contributed by atoms with Crippen LogP contribution in [0.3, 0.4) is 0 Å². The van der Waals surface area contributed by atoms with Crippen molar-refractivity contribution in [3.8, 4) is 0 Å². The highest BCUT2D eigenvalue weighted by Gasteiger charge is 2.15. The number of Topliss-reactive ketones (excluding diaryl/α,β-unsaturated/α-hetero) is 1. The van der Waals surface area contributed by atoms with Crippen molar-refractivity contribution in [2.75, 3.05) is 5.32 Å². The lowest BCUT2D eigenvalue weighted by Crippen LogP contribution is -2.14. The van der Waals surface area contributed by atoms with Crippen LogP contribution in [0.15, 0.2) is 24.5 Å². The van der Waals surface area contributed by atoms with E-state index in [1.165, 1.54) is 13.1 Å². The third kappa shape index (κ3) is 5.61. The molecule has 0 bridgehead atoms. The van der Waals surface area contributed by atoms with E-state index in [1.807, 2.05) is 0 Å². The molecular weight excluding hydrogens is 351 g/mol. The molecular formula is C17H18F3N3O3. The maximum absolute atomic E-state index is 13.5. The first-order valence-corrected chi connectivity index (χ1v) is 7.95. The Labute approximate surface area is 147 Å². The monoisotopic (exact) mass is 369 g/mol. The van der Waals surface area contributed by atoms with Crippen LogP contribution >= 0.6 is 0 Å². The number of aryl methyl sites for hydroxylation is 1. The first kappa shape index (κ1) is 19.5. The smallest absolute Gasteiger partial charge is 0.412 e. The van der Waals surface area contributed by atoms with Gasteiger partial charge in [-0.3, -0.25) is 10.00 Å². The number of nitrogens with one attached hydrogen (secondary N) is 1. The van der Waals surface area contributed by atoms with Crippen molar-refractivity contribution in [3.63, 3.8) is 0 Å². The van der Waals surface area contributed by atoms with Crippen molar-refractivity contribution in [1.29, 1.82) is 0 Å². The largest absolute Gasteiger partial charge is 0.444 e. The predicted octanol–water partition coefficient (Wildman–Crippen LogP) is 3.81. The minimum absolute atomic E-state index is 0.132. The van der Waals surface area contributed by atoms with Gasteiger partial charge in [0, 0.05) is 24.7 Å². The molecule has 0 radical (unpaired) electrons. The third-order valence-corrected chi connectivity index (χ3v) is 3.52. The minimum atomic E-state index is -1.61. The van der Waals surface area contributed by atoms with E-state index in [1.54, 1.807) is 10.9 Å². The van der Waals surface area contributed by atoms with Gasteiger partial charge in [0.15, 0.2) is 17.5 Å². The second-order valence-corrected chi connectivity index (χ2v) is 5.69. The van der Waals surface area contributed by atoms with Crippen LogP contribution in [-0.4, -0.2) is 21.7 Å². The van der Waals surface area contributed by atoms with Crippen LogP contribution in [0, 0.1) is 17.5 Å². The third-order valence-electron chi connectivity index (χ3n) is 3.52. The highest BCUT2D eigenvalue weighted by molar-refractivity contribution is 5.84. The highest BCUT2D eigenvalue weighted by atomic mass is 19.2. The molecule has 0 spiro atoms. The van der Waals surface area contributed by atoms with Gasteiger partial charge in [-0.15, -0.1) is 0 Å². The Balaban J connectivity index is 1.79. The molecule has 0 aliphatic rings. The second-order valence-electron chi connectivity index (χ2n) is 5.69. The molecule has 9 heteroatoms. The molecule has 2 aromatic rings. The van der Waals surface area contributed by atoms with Crippen molar-refractivity contribution >= 4 is 17.6 Å². The number of nitrogens with zero attached hydrogens (tertiary/aromatic N) is 2. The average molecular weight is 369 g/mol. The van der Waals surface area contributed by atoms with Crippen LogP contribution < -0.4 is 5.32 Å². The lowest BCUT2D eigenvalue weighted by molar-refractivity contribution is -0.117. The number of anilines is 1. The predicted molar refractivity (Wildman–Crippen MR) is 86.9 cm³/mol. The Morgan fingerprint density at radius 1 is 1.19 bits per heavy atom. The maximum Gasteiger partial charge on any atom is 0.412 e. The summed E-state index contributed by atoms with van der Waals surface area (Å²) in [6.07, 6.45) is 4.13. The summed E-state index contributed by atoms with van der Waals surface area (Å²) < 4.78 is 45.8. The fourth-order valence-electron chi connectivity index (χ4n) is 2.17. The van der Waals surface area contributed by atoms with Gasteiger partial charge in [-0.2, -0.15) is 5.10 Å². The maximum atomic E-state index is 13.5. The molecule has 1 amide bonds. The zero-order chi connectivity index (χ0) is 19.1. The van der Waals surface area contributed by atoms with Crippen molar-refractivity contribution in [1.82, 2.24) is 9.78 Å². The van der Waals surface area contributed by atoms with Gasteiger partial charge in [-0.05, 0) is 31.9 Å². The normalized spacial score (nSPS) is 10.6. The van der Waals surface area contributed by atoms with Gasteiger partial charge in [0.05, 0.1) is 11.9 Å². The van der Waals surface area contributed by atoms with Gasteiger partial charge in [0.1, 0.15) is 12.4 Å². The van der Waals surface area contributed by atoms with Crippen LogP contribution in [0.5, 0.6) is 0 Å². The first-order valence-electron chi connectivity index (χ1n) is 7.95. The highest BCUT2D eigenvalue weighted by Crippen LogP contribution is 2.16. The Morgan fingerprint density at radius 3 is 2.69 bits per heavy atom. The number of ether oxygens (including phenoxy) is 1. The van der Waals surface area contributed by atoms with Crippen molar-refractivity contribution in [2.45, 2.75) is 39.3 Å². The van der Waals surface area contributed by atoms with Crippen LogP contribution in [-0.2, 0) is 22.7 Å². The van der Waals surface area contributed by atoms with E-state index in [9.17, 15) is 22.8 Å². The number of hydrogen-bond acceptors (Lipinski definition) is 4. The standard InChI is InChI=1S/C17H18F3N3O3/c1-11(24)4-2-3-7-23-9-13(8-21-23)22-17(25)26-10-12-5-6-14(18)16(20)15(12)19/h5-6,8-9H,2-4,7,10H2,1H3,(H,22,25). The number of halogens is 3. The number of unbranched alkanes of at least 4 members (excludes halogenated alkanes) is 1. The van der Waals surface area contributed by atoms with Gasteiger partial charge >= 0.3 is 6.09 Å². The molecule has 2 rings (SSSR count). The summed E-state index contributed by atoms with van der Waals surface area (Å²) in [5.74, 6) is -4.19. The van der Waals surface area contributed by atoms with Crippen LogP contribution in [0.2, 0.25) is 0 Å². The Morgan fingerprint density at radius 2 is 1.96 bits per heavy atom. The number of aromatic nitrogens is 2. The molecule has 6 nitrogen and oxygen atoms in total. The quantitative estimate of drug-likeness (QED) is 0.567. The molecule has 0 unspecified atom stereocenters. The van der Waals surface area contributed by atoms with E-state index in [2.05, 4.69) is 10.4 Å². The van der Waals surface area contributed by atoms with Crippen molar-refractivity contribution in [3.05, 3.63) is 47.5 Å². The molecule has 0 aliphatic heterocycles. The second kappa shape index (κ2) is 9.02. The molecule has 0 atom stereocenters. The number of benzene rings is 1. The molecule has 1 heterocycles. The number of hydrogen-bond donors (Lipinski definition) is 1. The van der Waals surface area contributed by atoms with E-state index >= 15 is 0 Å². The molecule has 0 aliphatic carbocycles. The first-order chi connectivity index (χ1) is 12.4. The van der Waals surface area contributed by atoms with Gasteiger partial charge < -0.3 is 9.53 Å². The zero-order valence-corrected chi connectivity index (χ0v) is 14.1. The molecule has 140 valence electrons. The Kier molecular flexibility index (Phi) is 6.76. The van der Waals surface area contributed by atoms with Crippen molar-refractivity contribution < 1.29 is 27.5 Å². The van der Waals surface area contributed by atoms with E-state index in [0.29, 0.717) is 18.7 Å². The van der Waals surface area contributed by atoms with Gasteiger partial charge in [0.2, 0.25) is 0 Å². The molecule has 1 N–H and O–H groups in total. The number of ketones is 1. The summed E-state index contributed by atoms with van der Waals surface area (Å²) in [6.45, 7) is 1.58. The fourth-order valence-corrected chi connectivity index (χ4v) is 2.17. The summed E-state index contributed by atoms with van der Waals surface area (Å²) in [7, 11) is 0. The number of amides is 1. The topological polar surface area (TPSA) is 73.2 Å². The lowest BCUT2D eigenvalue weighted by Gasteiger charge is -2.07. The van der Waals surface area contributed by atoms with E-state index < -0.39 is 30.2 Å². The summed E-state index contributed by atoms with van der Waals surface area (Å²) in [5.41, 5.74) is 0.0903.